The summed E-state index contributed by atoms with van der Waals surface area (Å²) in [7, 11) is -4.01. The van der Waals surface area contributed by atoms with Crippen LogP contribution in [0.15, 0.2) is 51.0 Å². The van der Waals surface area contributed by atoms with E-state index >= 15 is 0 Å². The van der Waals surface area contributed by atoms with Gasteiger partial charge in [-0.05, 0) is 86.3 Å². The smallest absolute Gasteiger partial charge is 0.355 e. The van der Waals surface area contributed by atoms with Gasteiger partial charge in [-0.2, -0.15) is 0 Å². The van der Waals surface area contributed by atoms with Gasteiger partial charge in [0.25, 0.3) is 0 Å². The highest BCUT2D eigenvalue weighted by Crippen LogP contribution is 2.41. The highest BCUT2D eigenvalue weighted by Gasteiger charge is 2.28. The first-order valence-corrected chi connectivity index (χ1v) is 13.8. The molecule has 1 unspecified atom stereocenters. The molecule has 6 nitrogen and oxygen atoms in total. The molecule has 178 valence electrons. The van der Waals surface area contributed by atoms with Crippen molar-refractivity contribution in [3.05, 3.63) is 70.3 Å². The molecule has 0 saturated carbocycles. The number of benzene rings is 2. The van der Waals surface area contributed by atoms with Gasteiger partial charge in [-0.25, -0.2) is 9.00 Å². The number of aliphatic hydroxyl groups is 1. The molecule has 0 radical (unpaired) electrons. The van der Waals surface area contributed by atoms with E-state index in [0.717, 1.165) is 72.2 Å². The number of hydrogen-bond donors (Lipinski definition) is 3. The predicted octanol–water partition coefficient (Wildman–Crippen LogP) is 6.15. The Bertz CT molecular complexity index is 1360. The largest absolute Gasteiger partial charge is 0.386 e. The van der Waals surface area contributed by atoms with Crippen molar-refractivity contribution in [3.8, 4) is 10.4 Å². The number of amides is 2. The number of hydrogen-bond acceptors (Lipinski definition) is 4. The van der Waals surface area contributed by atoms with Crippen LogP contribution in [0.4, 0.5) is 10.5 Å². The number of fused-ring (bicyclic) bond motifs is 2. The van der Waals surface area contributed by atoms with Gasteiger partial charge in [-0.1, -0.05) is 36.4 Å². The van der Waals surface area contributed by atoms with E-state index in [2.05, 4.69) is 15.7 Å². The van der Waals surface area contributed by atoms with Crippen molar-refractivity contribution in [3.63, 3.8) is 0 Å². The van der Waals surface area contributed by atoms with Crippen LogP contribution >= 0.6 is 11.3 Å². The molecule has 5 rings (SSSR count). The van der Waals surface area contributed by atoms with Gasteiger partial charge >= 0.3 is 6.03 Å². The van der Waals surface area contributed by atoms with Crippen molar-refractivity contribution in [2.75, 3.05) is 5.32 Å². The minimum absolute atomic E-state index is 0.0437. The van der Waals surface area contributed by atoms with Gasteiger partial charge in [-0.3, -0.25) is 4.55 Å². The topological polar surface area (TPSA) is 99.0 Å². The SMILES string of the molecule is CC(C)(O)c1cc(S(=O)(O)=NC(=O)Nc2c3c(cc4c2CCC4)CCC3)sc1-c1ccccc1. The van der Waals surface area contributed by atoms with Crippen molar-refractivity contribution >= 4 is 33.1 Å². The molecule has 1 atom stereocenters. The summed E-state index contributed by atoms with van der Waals surface area (Å²) in [6, 6.07) is 12.3. The van der Waals surface area contributed by atoms with Gasteiger partial charge in [-0.15, -0.1) is 15.7 Å². The van der Waals surface area contributed by atoms with Crippen molar-refractivity contribution in [1.29, 1.82) is 0 Å². The Morgan fingerprint density at radius 1 is 1.03 bits per heavy atom. The number of nitrogens with zero attached hydrogens (tertiary/aromatic N) is 1. The van der Waals surface area contributed by atoms with Gasteiger partial charge < -0.3 is 10.4 Å². The lowest BCUT2D eigenvalue weighted by Crippen LogP contribution is -2.15. The normalized spacial score (nSPS) is 16.6. The van der Waals surface area contributed by atoms with Crippen LogP contribution in [0, 0.1) is 0 Å². The Balaban J connectivity index is 1.51. The fourth-order valence-electron chi connectivity index (χ4n) is 5.01. The van der Waals surface area contributed by atoms with E-state index in [1.807, 2.05) is 30.3 Å². The summed E-state index contributed by atoms with van der Waals surface area (Å²) in [6.45, 7) is 3.26. The molecule has 3 N–H and O–H groups in total. The molecule has 1 aromatic heterocycles. The molecule has 8 heteroatoms. The second kappa shape index (κ2) is 8.61. The lowest BCUT2D eigenvalue weighted by Gasteiger charge is -2.18. The molecule has 2 aromatic carbocycles. The molecule has 1 heterocycles. The number of anilines is 1. The third-order valence-electron chi connectivity index (χ3n) is 6.58. The maximum Gasteiger partial charge on any atom is 0.355 e. The highest BCUT2D eigenvalue weighted by atomic mass is 32.3. The summed E-state index contributed by atoms with van der Waals surface area (Å²) in [5.74, 6) is 0. The van der Waals surface area contributed by atoms with E-state index in [4.69, 9.17) is 0 Å². The minimum Gasteiger partial charge on any atom is -0.386 e. The number of nitrogens with one attached hydrogen (secondary N) is 1. The number of carbonyl (C=O) groups excluding carboxylic acids is 1. The number of carbonyl (C=O) groups is 1. The van der Waals surface area contributed by atoms with Crippen LogP contribution in [-0.4, -0.2) is 19.9 Å². The molecule has 0 saturated heterocycles. The Kier molecular flexibility index (Phi) is 5.88. The summed E-state index contributed by atoms with van der Waals surface area (Å²) in [5, 5.41) is 13.6. The second-order valence-corrected chi connectivity index (χ2v) is 12.4. The molecule has 2 amide bonds. The lowest BCUT2D eigenvalue weighted by atomic mass is 9.96. The molecule has 0 aliphatic heterocycles. The number of rotatable bonds is 4. The maximum atomic E-state index is 13.2. The van der Waals surface area contributed by atoms with E-state index < -0.39 is 21.6 Å². The Morgan fingerprint density at radius 2 is 1.65 bits per heavy atom. The Morgan fingerprint density at radius 3 is 2.24 bits per heavy atom. The third kappa shape index (κ3) is 4.31. The summed E-state index contributed by atoms with van der Waals surface area (Å²) >= 11 is 1.08. The average Bonchev–Trinajstić information content (AvgIpc) is 3.52. The van der Waals surface area contributed by atoms with Crippen molar-refractivity contribution in [2.45, 2.75) is 62.2 Å². The minimum atomic E-state index is -4.01. The molecule has 0 fully saturated rings. The lowest BCUT2D eigenvalue weighted by molar-refractivity contribution is 0.0795. The molecule has 2 aliphatic carbocycles. The second-order valence-electron chi connectivity index (χ2n) is 9.49. The zero-order valence-electron chi connectivity index (χ0n) is 19.3. The van der Waals surface area contributed by atoms with Crippen LogP contribution in [0.5, 0.6) is 0 Å². The first kappa shape index (κ1) is 23.2. The zero-order valence-corrected chi connectivity index (χ0v) is 20.9. The van der Waals surface area contributed by atoms with Gasteiger partial charge in [0, 0.05) is 16.1 Å². The summed E-state index contributed by atoms with van der Waals surface area (Å²) in [6.07, 6.45) is 5.88. The Hall–Kier alpha value is -2.52. The van der Waals surface area contributed by atoms with E-state index in [-0.39, 0.29) is 4.21 Å². The van der Waals surface area contributed by atoms with Crippen LogP contribution in [0.25, 0.3) is 10.4 Å². The third-order valence-corrected chi connectivity index (χ3v) is 9.51. The van der Waals surface area contributed by atoms with Gasteiger partial charge in [0.1, 0.15) is 4.21 Å². The maximum absolute atomic E-state index is 13.2. The first-order chi connectivity index (χ1) is 16.1. The fourth-order valence-corrected chi connectivity index (χ4v) is 7.49. The number of aryl methyl sites for hydroxylation is 2. The van der Waals surface area contributed by atoms with Gasteiger partial charge in [0.15, 0.2) is 0 Å². The van der Waals surface area contributed by atoms with Crippen LogP contribution in [-0.2, 0) is 41.3 Å². The van der Waals surface area contributed by atoms with Crippen molar-refractivity contribution in [2.24, 2.45) is 4.36 Å². The standard InChI is InChI=1S/C26H28N2O4S2/c1-26(2,30)21-15-22(33-24(21)16-8-4-3-5-9-16)34(31,32)28-25(29)27-23-19-12-6-10-17(19)14-18-11-7-13-20(18)23/h3-5,8-9,14-15,30H,6-7,10-13H2,1-2H3,(H2,27,28,29,31,32). The monoisotopic (exact) mass is 496 g/mol. The molecule has 3 aromatic rings. The summed E-state index contributed by atoms with van der Waals surface area (Å²) in [4.78, 5) is 13.6. The van der Waals surface area contributed by atoms with Crippen LogP contribution in [0.2, 0.25) is 0 Å². The van der Waals surface area contributed by atoms with E-state index in [0.29, 0.717) is 10.4 Å². The molecule has 0 spiro atoms. The van der Waals surface area contributed by atoms with Crippen molar-refractivity contribution < 1.29 is 18.7 Å². The van der Waals surface area contributed by atoms with Gasteiger partial charge in [0.2, 0.25) is 10.0 Å². The number of thiophene rings is 1. The fraction of sp³-hybridized carbons (Fsp3) is 0.346. The highest BCUT2D eigenvalue weighted by molar-refractivity contribution is 7.90. The number of urea groups is 1. The zero-order chi connectivity index (χ0) is 24.1. The van der Waals surface area contributed by atoms with Crippen LogP contribution in [0.3, 0.4) is 0 Å². The van der Waals surface area contributed by atoms with E-state index in [1.54, 1.807) is 13.8 Å². The van der Waals surface area contributed by atoms with Crippen LogP contribution < -0.4 is 5.32 Å². The first-order valence-electron chi connectivity index (χ1n) is 11.5. The molecular formula is C26H28N2O4S2. The quantitative estimate of drug-likeness (QED) is 0.403. The van der Waals surface area contributed by atoms with Gasteiger partial charge in [0.05, 0.1) is 5.60 Å². The molecule has 34 heavy (non-hydrogen) atoms. The van der Waals surface area contributed by atoms with E-state index in [1.165, 1.54) is 17.2 Å². The predicted molar refractivity (Wildman–Crippen MR) is 136 cm³/mol. The summed E-state index contributed by atoms with van der Waals surface area (Å²) < 4.78 is 27.8. The molecule has 0 bridgehead atoms. The molecule has 2 aliphatic rings. The van der Waals surface area contributed by atoms with E-state index in [9.17, 15) is 18.7 Å². The Labute approximate surface area is 204 Å². The van der Waals surface area contributed by atoms with Crippen LogP contribution in [0.1, 0.15) is 54.5 Å². The molecular weight excluding hydrogens is 468 g/mol. The average molecular weight is 497 g/mol. The van der Waals surface area contributed by atoms with Crippen molar-refractivity contribution in [1.82, 2.24) is 0 Å². The summed E-state index contributed by atoms with van der Waals surface area (Å²) in [5.41, 5.74) is 5.71.